The van der Waals surface area contributed by atoms with Crippen LogP contribution in [-0.4, -0.2) is 55.6 Å². The quantitative estimate of drug-likeness (QED) is 0.354. The Morgan fingerprint density at radius 1 is 1.21 bits per heavy atom. The average Bonchev–Trinajstić information content (AvgIpc) is 3.49. The van der Waals surface area contributed by atoms with Crippen molar-refractivity contribution in [3.63, 3.8) is 0 Å². The van der Waals surface area contributed by atoms with Crippen LogP contribution in [0.25, 0.3) is 5.52 Å². The third-order valence-corrected chi connectivity index (χ3v) is 5.56. The number of nitrogens with one attached hydrogen (secondary N) is 3. The zero-order chi connectivity index (χ0) is 27.8. The number of nitrogens with zero attached hydrogens (tertiary/aromatic N) is 4. The first-order valence-corrected chi connectivity index (χ1v) is 11.3. The average molecular weight is 553 g/mol. The van der Waals surface area contributed by atoms with E-state index in [9.17, 15) is 35.5 Å². The highest BCUT2D eigenvalue weighted by Gasteiger charge is 2.39. The smallest absolute Gasteiger partial charge is 0.443 e. The molecule has 1 amide bonds. The molecule has 10 nitrogen and oxygen atoms in total. The van der Waals surface area contributed by atoms with Gasteiger partial charge in [0.2, 0.25) is 0 Å². The summed E-state index contributed by atoms with van der Waals surface area (Å²) < 4.78 is 101. The first-order chi connectivity index (χ1) is 17.7. The monoisotopic (exact) mass is 553 g/mol. The predicted molar refractivity (Wildman–Crippen MR) is 116 cm³/mol. The Hall–Kier alpha value is -3.63. The maximum Gasteiger partial charge on any atom is 0.522 e. The van der Waals surface area contributed by atoms with Crippen LogP contribution in [-0.2, 0) is 22.3 Å². The van der Waals surface area contributed by atoms with Crippen LogP contribution in [0, 0.1) is 0 Å². The van der Waals surface area contributed by atoms with E-state index in [0.29, 0.717) is 11.9 Å². The first-order valence-electron chi connectivity index (χ1n) is 11.3. The van der Waals surface area contributed by atoms with Gasteiger partial charge >= 0.3 is 18.6 Å². The molecule has 3 atom stereocenters. The molecule has 0 bridgehead atoms. The summed E-state index contributed by atoms with van der Waals surface area (Å²) in [6.07, 6.45) is -12.3. The number of H-pyrrole nitrogens is 1. The lowest BCUT2D eigenvalue weighted by molar-refractivity contribution is -0.330. The molecule has 3 aromatic heterocycles. The van der Waals surface area contributed by atoms with Crippen molar-refractivity contribution in [2.45, 2.75) is 70.1 Å². The summed E-state index contributed by atoms with van der Waals surface area (Å²) in [6.45, 7) is 2.42. The molecule has 3 aromatic rings. The summed E-state index contributed by atoms with van der Waals surface area (Å²) in [6, 6.07) is 2.32. The Labute approximate surface area is 209 Å². The fraction of sp³-hybridized carbons (Fsp3) is 0.524. The molecule has 0 spiro atoms. The summed E-state index contributed by atoms with van der Waals surface area (Å²) in [4.78, 5) is 15.4. The number of hydrogen-bond donors (Lipinski definition) is 3. The number of ether oxygens (including phenoxy) is 2. The van der Waals surface area contributed by atoms with Crippen molar-refractivity contribution in [2.24, 2.45) is 0 Å². The van der Waals surface area contributed by atoms with E-state index in [0.717, 1.165) is 10.6 Å². The highest BCUT2D eigenvalue weighted by Crippen LogP contribution is 2.38. The Balaban J connectivity index is 1.53. The van der Waals surface area contributed by atoms with Gasteiger partial charge in [-0.2, -0.15) is 23.4 Å². The molecular weight excluding hydrogens is 531 g/mol. The van der Waals surface area contributed by atoms with E-state index < -0.39 is 49.1 Å². The molecule has 4 rings (SSSR count). The van der Waals surface area contributed by atoms with Gasteiger partial charge in [-0.05, 0) is 32.8 Å². The van der Waals surface area contributed by atoms with Gasteiger partial charge in [-0.1, -0.05) is 0 Å². The number of rotatable bonds is 7. The SMILES string of the molecule is CC(C)NC(=O)O[C@H]1C[C@@H](c2cc(Nc3nc(C(F)(F)F)cn4nc(COC(F)(F)F)cc34)n[nH]2)C[C@H]1F. The minimum Gasteiger partial charge on any atom is -0.443 e. The lowest BCUT2D eigenvalue weighted by atomic mass is 10.0. The highest BCUT2D eigenvalue weighted by atomic mass is 19.4. The molecule has 1 aliphatic rings. The molecule has 3 heterocycles. The van der Waals surface area contributed by atoms with E-state index in [-0.39, 0.29) is 41.7 Å². The topological polar surface area (TPSA) is 118 Å². The lowest BCUT2D eigenvalue weighted by Gasteiger charge is -2.16. The van der Waals surface area contributed by atoms with Crippen molar-refractivity contribution in [3.05, 3.63) is 35.4 Å². The Bertz CT molecular complexity index is 1290. The second-order valence-corrected chi connectivity index (χ2v) is 8.93. The minimum absolute atomic E-state index is 0.0124. The zero-order valence-electron chi connectivity index (χ0n) is 19.8. The number of aromatic nitrogens is 5. The summed E-state index contributed by atoms with van der Waals surface area (Å²) >= 11 is 0. The number of fused-ring (bicyclic) bond motifs is 1. The fourth-order valence-corrected chi connectivity index (χ4v) is 3.96. The van der Waals surface area contributed by atoms with Crippen molar-refractivity contribution in [1.82, 2.24) is 30.1 Å². The molecule has 0 aromatic carbocycles. The van der Waals surface area contributed by atoms with E-state index in [1.54, 1.807) is 13.8 Å². The van der Waals surface area contributed by atoms with Gasteiger partial charge in [-0.3, -0.25) is 9.84 Å². The summed E-state index contributed by atoms with van der Waals surface area (Å²) in [5.41, 5.74) is -1.29. The number of alkyl carbamates (subject to hydrolysis) is 1. The van der Waals surface area contributed by atoms with E-state index >= 15 is 0 Å². The van der Waals surface area contributed by atoms with Gasteiger partial charge in [0.15, 0.2) is 17.3 Å². The number of alkyl halides is 7. The number of carbonyl (C=O) groups excluding carboxylic acids is 1. The Kier molecular flexibility index (Phi) is 7.40. The van der Waals surface area contributed by atoms with Crippen molar-refractivity contribution in [1.29, 1.82) is 0 Å². The second kappa shape index (κ2) is 10.3. The summed E-state index contributed by atoms with van der Waals surface area (Å²) in [7, 11) is 0. The molecule has 208 valence electrons. The van der Waals surface area contributed by atoms with Gasteiger partial charge in [-0.15, -0.1) is 13.2 Å². The van der Waals surface area contributed by atoms with Crippen LogP contribution in [0.1, 0.15) is 49.7 Å². The third kappa shape index (κ3) is 6.62. The molecule has 1 aliphatic carbocycles. The maximum atomic E-state index is 14.5. The Morgan fingerprint density at radius 2 is 1.95 bits per heavy atom. The van der Waals surface area contributed by atoms with Gasteiger partial charge in [0, 0.05) is 23.7 Å². The molecular formula is C21H22F7N7O3. The maximum absolute atomic E-state index is 14.5. The molecule has 0 unspecified atom stereocenters. The molecule has 3 N–H and O–H groups in total. The van der Waals surface area contributed by atoms with Crippen LogP contribution in [0.4, 0.5) is 47.2 Å². The van der Waals surface area contributed by atoms with E-state index in [1.807, 2.05) is 0 Å². The molecule has 1 saturated carbocycles. The molecule has 0 aliphatic heterocycles. The van der Waals surface area contributed by atoms with Gasteiger partial charge in [0.25, 0.3) is 0 Å². The lowest BCUT2D eigenvalue weighted by Crippen LogP contribution is -2.35. The van der Waals surface area contributed by atoms with Crippen molar-refractivity contribution in [2.75, 3.05) is 5.32 Å². The number of anilines is 2. The summed E-state index contributed by atoms with van der Waals surface area (Å²) in [5, 5.41) is 15.5. The fourth-order valence-electron chi connectivity index (χ4n) is 3.96. The largest absolute Gasteiger partial charge is 0.522 e. The number of carbonyl (C=O) groups is 1. The predicted octanol–water partition coefficient (Wildman–Crippen LogP) is 4.97. The molecule has 0 radical (unpaired) electrons. The van der Waals surface area contributed by atoms with Crippen LogP contribution < -0.4 is 10.6 Å². The van der Waals surface area contributed by atoms with Crippen LogP contribution in [0.2, 0.25) is 0 Å². The van der Waals surface area contributed by atoms with Crippen LogP contribution >= 0.6 is 0 Å². The number of halogens is 7. The number of aromatic amines is 1. The van der Waals surface area contributed by atoms with E-state index in [1.165, 1.54) is 6.07 Å². The highest BCUT2D eigenvalue weighted by molar-refractivity contribution is 5.72. The molecule has 17 heteroatoms. The standard InChI is InChI=1S/C21H22F7N7O3/c1-9(2)29-19(36)38-15-4-10(3-12(15)22)13-6-17(33-32-13)31-18-14-5-11(8-37-21(26,27)28)34-35(14)7-16(30-18)20(23,24)25/h5-7,9-10,12,15H,3-4,8H2,1-2H3,(H,29,36)(H2,30,31,32,33)/t10-,12+,15-/m0/s1. The van der Waals surface area contributed by atoms with Crippen molar-refractivity contribution in [3.8, 4) is 0 Å². The second-order valence-electron chi connectivity index (χ2n) is 8.93. The first kappa shape index (κ1) is 27.4. The summed E-state index contributed by atoms with van der Waals surface area (Å²) in [5.74, 6) is -0.800. The van der Waals surface area contributed by atoms with E-state index in [4.69, 9.17) is 4.74 Å². The van der Waals surface area contributed by atoms with Gasteiger partial charge < -0.3 is 15.4 Å². The van der Waals surface area contributed by atoms with Crippen molar-refractivity contribution < 1.29 is 45.0 Å². The Morgan fingerprint density at radius 3 is 2.61 bits per heavy atom. The van der Waals surface area contributed by atoms with Gasteiger partial charge in [-0.25, -0.2) is 18.7 Å². The van der Waals surface area contributed by atoms with Gasteiger partial charge in [0.05, 0.1) is 11.9 Å². The number of hydrogen-bond acceptors (Lipinski definition) is 7. The van der Waals surface area contributed by atoms with Crippen LogP contribution in [0.5, 0.6) is 0 Å². The van der Waals surface area contributed by atoms with Gasteiger partial charge in [0.1, 0.15) is 24.4 Å². The number of amides is 1. The van der Waals surface area contributed by atoms with E-state index in [2.05, 4.69) is 35.7 Å². The third-order valence-electron chi connectivity index (χ3n) is 5.56. The van der Waals surface area contributed by atoms with Crippen molar-refractivity contribution >= 4 is 23.2 Å². The zero-order valence-corrected chi connectivity index (χ0v) is 19.8. The van der Waals surface area contributed by atoms with Crippen LogP contribution in [0.15, 0.2) is 18.3 Å². The molecule has 1 fully saturated rings. The minimum atomic E-state index is -4.96. The molecule has 0 saturated heterocycles. The molecule has 38 heavy (non-hydrogen) atoms. The van der Waals surface area contributed by atoms with Crippen LogP contribution in [0.3, 0.4) is 0 Å². The normalized spacial score (nSPS) is 20.3.